The summed E-state index contributed by atoms with van der Waals surface area (Å²) < 4.78 is 19.1. The molecule has 0 unspecified atom stereocenters. The molecule has 0 saturated heterocycles. The van der Waals surface area contributed by atoms with E-state index in [-0.39, 0.29) is 0 Å². The number of benzene rings is 8. The summed E-state index contributed by atoms with van der Waals surface area (Å²) in [7, 11) is 0. The molecule has 0 aliphatic carbocycles. The SMILES string of the molecule is c1ccc(-c2ccc(N(c3ccc(-c4cccc5c4oc4ccccc45)cc3)c3ccc4c(c3)oc3cc5nc(-c6ccccc6)oc5cc34)cc2)cc1. The molecule has 0 N–H and O–H groups in total. The molecule has 254 valence electrons. The number of hydrogen-bond donors (Lipinski definition) is 0. The number of furan rings is 2. The van der Waals surface area contributed by atoms with Crippen LogP contribution in [0.15, 0.2) is 195 Å². The first kappa shape index (κ1) is 30.3. The van der Waals surface area contributed by atoms with Crippen molar-refractivity contribution in [2.75, 3.05) is 4.90 Å². The molecule has 0 amide bonds. The van der Waals surface area contributed by atoms with Gasteiger partial charge in [0, 0.05) is 61.9 Å². The Labute approximate surface area is 309 Å². The van der Waals surface area contributed by atoms with E-state index in [1.165, 1.54) is 5.56 Å². The van der Waals surface area contributed by atoms with Crippen molar-refractivity contribution in [3.05, 3.63) is 182 Å². The lowest BCUT2D eigenvalue weighted by Crippen LogP contribution is -2.09. The second kappa shape index (κ2) is 12.1. The average Bonchev–Trinajstić information content (AvgIpc) is 3.94. The zero-order chi connectivity index (χ0) is 35.6. The smallest absolute Gasteiger partial charge is 0.227 e. The molecular formula is C49H30N2O3. The van der Waals surface area contributed by atoms with Crippen LogP contribution in [0.5, 0.6) is 0 Å². The van der Waals surface area contributed by atoms with Gasteiger partial charge in [0.25, 0.3) is 0 Å². The highest BCUT2D eigenvalue weighted by atomic mass is 16.4. The minimum Gasteiger partial charge on any atom is -0.456 e. The van der Waals surface area contributed by atoms with Crippen LogP contribution in [0, 0.1) is 0 Å². The fourth-order valence-corrected chi connectivity index (χ4v) is 7.67. The van der Waals surface area contributed by atoms with E-state index in [1.807, 2.05) is 60.7 Å². The Kier molecular flexibility index (Phi) is 6.79. The van der Waals surface area contributed by atoms with Gasteiger partial charge in [0.15, 0.2) is 5.58 Å². The Balaban J connectivity index is 1.01. The van der Waals surface area contributed by atoms with E-state index in [9.17, 15) is 0 Å². The van der Waals surface area contributed by atoms with Gasteiger partial charge in [-0.1, -0.05) is 109 Å². The van der Waals surface area contributed by atoms with Crippen LogP contribution in [0.1, 0.15) is 0 Å². The van der Waals surface area contributed by atoms with Crippen LogP contribution in [-0.4, -0.2) is 4.98 Å². The van der Waals surface area contributed by atoms with Crippen LogP contribution >= 0.6 is 0 Å². The Hall–Kier alpha value is -7.37. The predicted molar refractivity (Wildman–Crippen MR) is 220 cm³/mol. The zero-order valence-corrected chi connectivity index (χ0v) is 28.9. The third-order valence-corrected chi connectivity index (χ3v) is 10.3. The topological polar surface area (TPSA) is 55.6 Å². The molecule has 0 aliphatic heterocycles. The van der Waals surface area contributed by atoms with Crippen molar-refractivity contribution in [3.63, 3.8) is 0 Å². The maximum Gasteiger partial charge on any atom is 0.227 e. The number of anilines is 3. The lowest BCUT2D eigenvalue weighted by molar-refractivity contribution is 0.620. The molecule has 11 rings (SSSR count). The van der Waals surface area contributed by atoms with Crippen molar-refractivity contribution >= 4 is 72.0 Å². The lowest BCUT2D eigenvalue weighted by atomic mass is 10.0. The molecule has 0 radical (unpaired) electrons. The molecule has 8 aromatic carbocycles. The van der Waals surface area contributed by atoms with Crippen LogP contribution in [-0.2, 0) is 0 Å². The maximum atomic E-state index is 6.54. The van der Waals surface area contributed by atoms with E-state index in [2.05, 4.69) is 126 Å². The standard InChI is InChI=1S/C49H30N2O3/c1-3-10-31(11-4-1)32-18-22-35(23-19-32)51(36-24-20-33(21-25-36)38-15-9-16-41-39-14-7-8-17-44(39)53-48(38)41)37-26-27-40-42-29-47-43(30-46(42)52-45(40)28-37)50-49(54-47)34-12-5-2-6-13-34/h1-30H. The molecule has 3 heterocycles. The number of para-hydroxylation sites is 2. The van der Waals surface area contributed by atoms with E-state index in [0.717, 1.165) is 94.3 Å². The van der Waals surface area contributed by atoms with Crippen LogP contribution in [0.25, 0.3) is 88.7 Å². The van der Waals surface area contributed by atoms with Gasteiger partial charge in [-0.15, -0.1) is 0 Å². The summed E-state index contributed by atoms with van der Waals surface area (Å²) in [5, 5.41) is 4.25. The van der Waals surface area contributed by atoms with Gasteiger partial charge >= 0.3 is 0 Å². The molecule has 0 fully saturated rings. The summed E-state index contributed by atoms with van der Waals surface area (Å²) in [6.45, 7) is 0. The fraction of sp³-hybridized carbons (Fsp3) is 0. The third-order valence-electron chi connectivity index (χ3n) is 10.3. The number of rotatable bonds is 6. The van der Waals surface area contributed by atoms with E-state index < -0.39 is 0 Å². The quantitative estimate of drug-likeness (QED) is 0.173. The highest BCUT2D eigenvalue weighted by molar-refractivity contribution is 6.11. The lowest BCUT2D eigenvalue weighted by Gasteiger charge is -2.26. The van der Waals surface area contributed by atoms with Crippen LogP contribution < -0.4 is 4.90 Å². The second-order valence-electron chi connectivity index (χ2n) is 13.6. The third kappa shape index (κ3) is 4.98. The van der Waals surface area contributed by atoms with Crippen LogP contribution in [0.2, 0.25) is 0 Å². The van der Waals surface area contributed by atoms with Crippen molar-refractivity contribution in [2.45, 2.75) is 0 Å². The molecule has 5 nitrogen and oxygen atoms in total. The molecular weight excluding hydrogens is 665 g/mol. The Bertz CT molecular complexity index is 3140. The highest BCUT2D eigenvalue weighted by Crippen LogP contribution is 2.42. The van der Waals surface area contributed by atoms with Gasteiger partial charge < -0.3 is 18.2 Å². The van der Waals surface area contributed by atoms with Gasteiger partial charge in [-0.05, 0) is 77.4 Å². The van der Waals surface area contributed by atoms with Crippen LogP contribution in [0.3, 0.4) is 0 Å². The largest absolute Gasteiger partial charge is 0.456 e. The molecule has 54 heavy (non-hydrogen) atoms. The minimum atomic E-state index is 0.596. The van der Waals surface area contributed by atoms with Gasteiger partial charge in [0.05, 0.1) is 0 Å². The molecule has 0 saturated carbocycles. The number of fused-ring (bicyclic) bond motifs is 7. The molecule has 0 spiro atoms. The van der Waals surface area contributed by atoms with E-state index in [1.54, 1.807) is 0 Å². The van der Waals surface area contributed by atoms with Gasteiger partial charge in [0.1, 0.15) is 27.8 Å². The van der Waals surface area contributed by atoms with E-state index in [0.29, 0.717) is 5.89 Å². The van der Waals surface area contributed by atoms with E-state index >= 15 is 0 Å². The Morgan fingerprint density at radius 1 is 0.352 bits per heavy atom. The van der Waals surface area contributed by atoms with Crippen molar-refractivity contribution in [2.24, 2.45) is 0 Å². The van der Waals surface area contributed by atoms with Crippen molar-refractivity contribution in [1.82, 2.24) is 4.98 Å². The molecule has 0 bridgehead atoms. The Morgan fingerprint density at radius 3 is 1.74 bits per heavy atom. The first-order chi connectivity index (χ1) is 26.7. The summed E-state index contributed by atoms with van der Waals surface area (Å²) in [5.41, 5.74) is 13.3. The molecule has 3 aromatic heterocycles. The van der Waals surface area contributed by atoms with Crippen LogP contribution in [0.4, 0.5) is 17.1 Å². The molecule has 5 heteroatoms. The summed E-state index contributed by atoms with van der Waals surface area (Å²) in [6.07, 6.45) is 0. The normalized spacial score (nSPS) is 11.7. The van der Waals surface area contributed by atoms with Crippen molar-refractivity contribution < 1.29 is 13.3 Å². The number of oxazole rings is 1. The fourth-order valence-electron chi connectivity index (χ4n) is 7.67. The summed E-state index contributed by atoms with van der Waals surface area (Å²) in [4.78, 5) is 7.04. The summed E-state index contributed by atoms with van der Waals surface area (Å²) >= 11 is 0. The number of aromatic nitrogens is 1. The summed E-state index contributed by atoms with van der Waals surface area (Å²) in [5.74, 6) is 0.596. The maximum absolute atomic E-state index is 6.54. The predicted octanol–water partition coefficient (Wildman–Crippen LogP) is 14.1. The Morgan fingerprint density at radius 2 is 0.963 bits per heavy atom. The number of hydrogen-bond acceptors (Lipinski definition) is 5. The molecule has 0 aliphatic rings. The zero-order valence-electron chi connectivity index (χ0n) is 28.9. The van der Waals surface area contributed by atoms with Crippen molar-refractivity contribution in [1.29, 1.82) is 0 Å². The minimum absolute atomic E-state index is 0.596. The van der Waals surface area contributed by atoms with Gasteiger partial charge in [-0.3, -0.25) is 0 Å². The van der Waals surface area contributed by atoms with Crippen molar-refractivity contribution in [3.8, 4) is 33.7 Å². The first-order valence-electron chi connectivity index (χ1n) is 18.0. The van der Waals surface area contributed by atoms with Gasteiger partial charge in [-0.25, -0.2) is 4.98 Å². The van der Waals surface area contributed by atoms with Gasteiger partial charge in [0.2, 0.25) is 5.89 Å². The number of nitrogens with zero attached hydrogens (tertiary/aromatic N) is 2. The average molecular weight is 695 g/mol. The second-order valence-corrected chi connectivity index (χ2v) is 13.6. The van der Waals surface area contributed by atoms with E-state index in [4.69, 9.17) is 18.2 Å². The molecule has 11 aromatic rings. The highest BCUT2D eigenvalue weighted by Gasteiger charge is 2.19. The monoisotopic (exact) mass is 694 g/mol. The molecule has 0 atom stereocenters. The first-order valence-corrected chi connectivity index (χ1v) is 18.0. The summed E-state index contributed by atoms with van der Waals surface area (Å²) in [6, 6.07) is 62.8. The van der Waals surface area contributed by atoms with Gasteiger partial charge in [-0.2, -0.15) is 0 Å².